The van der Waals surface area contributed by atoms with Crippen molar-refractivity contribution in [2.24, 2.45) is 0 Å². The molecule has 106 valence electrons. The van der Waals surface area contributed by atoms with Crippen LogP contribution in [0.3, 0.4) is 0 Å². The van der Waals surface area contributed by atoms with Crippen molar-refractivity contribution in [2.45, 2.75) is 4.90 Å². The number of rotatable bonds is 3. The Balaban J connectivity index is 2.41. The molecular weight excluding hydrogens is 326 g/mol. The summed E-state index contributed by atoms with van der Waals surface area (Å²) in [6.07, 6.45) is 0. The van der Waals surface area contributed by atoms with Gasteiger partial charge in [0.25, 0.3) is 10.0 Å². The minimum absolute atomic E-state index is 0.0110. The molecule has 0 aromatic heterocycles. The fourth-order valence-electron chi connectivity index (χ4n) is 1.48. The van der Waals surface area contributed by atoms with Gasteiger partial charge >= 0.3 is 0 Å². The van der Waals surface area contributed by atoms with E-state index in [0.717, 1.165) is 12.1 Å². The minimum Gasteiger partial charge on any atom is -0.399 e. The Labute approximate surface area is 125 Å². The first-order chi connectivity index (χ1) is 9.29. The maximum absolute atomic E-state index is 13.0. The van der Waals surface area contributed by atoms with Gasteiger partial charge in [0.1, 0.15) is 5.82 Å². The van der Waals surface area contributed by atoms with Crippen molar-refractivity contribution in [3.8, 4) is 0 Å². The maximum atomic E-state index is 13.0. The Morgan fingerprint density at radius 2 is 1.55 bits per heavy atom. The Morgan fingerprint density at radius 1 is 1.05 bits per heavy atom. The van der Waals surface area contributed by atoms with Gasteiger partial charge in [-0.3, -0.25) is 4.72 Å². The van der Waals surface area contributed by atoms with Crippen LogP contribution in [0, 0.1) is 5.82 Å². The van der Waals surface area contributed by atoms with Gasteiger partial charge in [0.15, 0.2) is 0 Å². The quantitative estimate of drug-likeness (QED) is 0.843. The van der Waals surface area contributed by atoms with Gasteiger partial charge in [0, 0.05) is 5.69 Å². The summed E-state index contributed by atoms with van der Waals surface area (Å²) < 4.78 is 39.5. The van der Waals surface area contributed by atoms with Crippen LogP contribution in [0.2, 0.25) is 10.0 Å². The number of anilines is 2. The molecule has 0 fully saturated rings. The third-order valence-corrected chi connectivity index (χ3v) is 4.40. The van der Waals surface area contributed by atoms with Gasteiger partial charge in [-0.25, -0.2) is 12.8 Å². The maximum Gasteiger partial charge on any atom is 0.261 e. The number of nitrogens with two attached hydrogens (primary N) is 1. The van der Waals surface area contributed by atoms with Crippen molar-refractivity contribution in [1.82, 2.24) is 0 Å². The molecule has 0 radical (unpaired) electrons. The number of benzene rings is 2. The molecule has 0 spiro atoms. The number of halogens is 3. The lowest BCUT2D eigenvalue weighted by Gasteiger charge is -2.11. The van der Waals surface area contributed by atoms with E-state index in [2.05, 4.69) is 4.72 Å². The van der Waals surface area contributed by atoms with Crippen LogP contribution < -0.4 is 10.5 Å². The van der Waals surface area contributed by atoms with Crippen LogP contribution in [0.5, 0.6) is 0 Å². The number of nitrogen functional groups attached to an aromatic ring is 1. The third-order valence-electron chi connectivity index (χ3n) is 2.43. The molecule has 3 N–H and O–H groups in total. The molecule has 0 aliphatic heterocycles. The highest BCUT2D eigenvalue weighted by atomic mass is 35.5. The molecule has 0 saturated carbocycles. The molecule has 20 heavy (non-hydrogen) atoms. The van der Waals surface area contributed by atoms with Crippen molar-refractivity contribution >= 4 is 44.6 Å². The molecule has 0 saturated heterocycles. The van der Waals surface area contributed by atoms with E-state index in [0.29, 0.717) is 5.69 Å². The summed E-state index contributed by atoms with van der Waals surface area (Å²) in [7, 11) is -3.88. The van der Waals surface area contributed by atoms with Gasteiger partial charge in [-0.2, -0.15) is 0 Å². The zero-order chi connectivity index (χ0) is 14.9. The van der Waals surface area contributed by atoms with Crippen LogP contribution in [-0.2, 0) is 10.0 Å². The number of sulfonamides is 1. The number of hydrogen-bond donors (Lipinski definition) is 2. The summed E-state index contributed by atoms with van der Waals surface area (Å²) >= 11 is 11.6. The van der Waals surface area contributed by atoms with E-state index in [4.69, 9.17) is 28.9 Å². The van der Waals surface area contributed by atoms with E-state index in [-0.39, 0.29) is 20.6 Å². The Bertz CT molecular complexity index is 726. The Kier molecular flexibility index (Phi) is 4.08. The summed E-state index contributed by atoms with van der Waals surface area (Å²) in [5, 5.41) is -0.261. The first-order valence-electron chi connectivity index (χ1n) is 5.32. The molecule has 0 aliphatic rings. The predicted molar refractivity (Wildman–Crippen MR) is 78.1 cm³/mol. The zero-order valence-corrected chi connectivity index (χ0v) is 12.2. The topological polar surface area (TPSA) is 72.2 Å². The second-order valence-corrected chi connectivity index (χ2v) is 6.42. The largest absolute Gasteiger partial charge is 0.399 e. The molecule has 0 amide bonds. The Hall–Kier alpha value is -1.50. The lowest BCUT2D eigenvalue weighted by Crippen LogP contribution is -2.13. The van der Waals surface area contributed by atoms with E-state index in [1.165, 1.54) is 24.3 Å². The number of nitrogens with one attached hydrogen (secondary N) is 1. The molecule has 0 bridgehead atoms. The Morgan fingerprint density at radius 3 is 2.05 bits per heavy atom. The van der Waals surface area contributed by atoms with Crippen molar-refractivity contribution in [1.29, 1.82) is 0 Å². The van der Waals surface area contributed by atoms with Crippen LogP contribution in [-0.4, -0.2) is 8.42 Å². The van der Waals surface area contributed by atoms with Crippen LogP contribution in [0.1, 0.15) is 0 Å². The summed E-state index contributed by atoms with van der Waals surface area (Å²) in [5.41, 5.74) is 5.84. The summed E-state index contributed by atoms with van der Waals surface area (Å²) in [4.78, 5) is -0.0110. The van der Waals surface area contributed by atoms with E-state index < -0.39 is 15.8 Å². The smallest absolute Gasteiger partial charge is 0.261 e. The van der Waals surface area contributed by atoms with Gasteiger partial charge in [-0.1, -0.05) is 23.2 Å². The standard InChI is InChI=1S/C12H9Cl2FN2O2S/c13-10-5-7(15)6-11(14)12(10)17-20(18,19)9-3-1-8(16)2-4-9/h1-6,17H,16H2. The fraction of sp³-hybridized carbons (Fsp3) is 0. The highest BCUT2D eigenvalue weighted by Crippen LogP contribution is 2.33. The van der Waals surface area contributed by atoms with E-state index in [9.17, 15) is 12.8 Å². The average molecular weight is 335 g/mol. The molecular formula is C12H9Cl2FN2O2S. The molecule has 0 heterocycles. The van der Waals surface area contributed by atoms with Crippen LogP contribution in [0.4, 0.5) is 15.8 Å². The van der Waals surface area contributed by atoms with Gasteiger partial charge < -0.3 is 5.73 Å². The first kappa shape index (κ1) is 14.9. The summed E-state index contributed by atoms with van der Waals surface area (Å²) in [5.74, 6) is -0.657. The molecule has 0 atom stereocenters. The zero-order valence-electron chi connectivity index (χ0n) is 9.90. The third kappa shape index (κ3) is 3.15. The number of hydrogen-bond acceptors (Lipinski definition) is 3. The first-order valence-corrected chi connectivity index (χ1v) is 7.56. The lowest BCUT2D eigenvalue weighted by molar-refractivity contribution is 0.601. The van der Waals surface area contributed by atoms with Crippen molar-refractivity contribution < 1.29 is 12.8 Å². The monoisotopic (exact) mass is 334 g/mol. The molecule has 2 aromatic carbocycles. The van der Waals surface area contributed by atoms with Crippen LogP contribution in [0.25, 0.3) is 0 Å². The van der Waals surface area contributed by atoms with E-state index in [1.54, 1.807) is 0 Å². The van der Waals surface area contributed by atoms with Crippen molar-refractivity contribution in [3.05, 3.63) is 52.3 Å². The average Bonchev–Trinajstić information content (AvgIpc) is 2.34. The molecule has 2 rings (SSSR count). The van der Waals surface area contributed by atoms with Crippen LogP contribution in [0.15, 0.2) is 41.3 Å². The molecule has 8 heteroatoms. The van der Waals surface area contributed by atoms with Gasteiger partial charge in [0.2, 0.25) is 0 Å². The minimum atomic E-state index is -3.88. The van der Waals surface area contributed by atoms with Gasteiger partial charge in [-0.15, -0.1) is 0 Å². The van der Waals surface area contributed by atoms with Crippen molar-refractivity contribution in [3.63, 3.8) is 0 Å². The van der Waals surface area contributed by atoms with Crippen molar-refractivity contribution in [2.75, 3.05) is 10.5 Å². The molecule has 2 aromatic rings. The molecule has 0 unspecified atom stereocenters. The second-order valence-electron chi connectivity index (χ2n) is 3.92. The summed E-state index contributed by atoms with van der Waals surface area (Å²) in [6, 6.07) is 7.50. The predicted octanol–water partition coefficient (Wildman–Crippen LogP) is 3.52. The molecule has 0 aliphatic carbocycles. The van der Waals surface area contributed by atoms with Crippen LogP contribution >= 0.6 is 23.2 Å². The SMILES string of the molecule is Nc1ccc(S(=O)(=O)Nc2c(Cl)cc(F)cc2Cl)cc1. The van der Waals surface area contributed by atoms with E-state index in [1.807, 2.05) is 0 Å². The van der Waals surface area contributed by atoms with Gasteiger partial charge in [-0.05, 0) is 36.4 Å². The van der Waals surface area contributed by atoms with Gasteiger partial charge in [0.05, 0.1) is 20.6 Å². The highest BCUT2D eigenvalue weighted by Gasteiger charge is 2.18. The fourth-order valence-corrected chi connectivity index (χ4v) is 3.25. The normalized spacial score (nSPS) is 11.3. The second kappa shape index (κ2) is 5.47. The summed E-state index contributed by atoms with van der Waals surface area (Å²) in [6.45, 7) is 0. The highest BCUT2D eigenvalue weighted by molar-refractivity contribution is 7.92. The lowest BCUT2D eigenvalue weighted by atomic mass is 10.3. The van der Waals surface area contributed by atoms with E-state index >= 15 is 0 Å². The molecule has 4 nitrogen and oxygen atoms in total.